The van der Waals surface area contributed by atoms with Crippen LogP contribution < -0.4 is 10.9 Å². The molecule has 0 radical (unpaired) electrons. The molecule has 1 N–H and O–H groups in total. The van der Waals surface area contributed by atoms with Gasteiger partial charge in [-0.25, -0.2) is 4.98 Å². The predicted molar refractivity (Wildman–Crippen MR) is 125 cm³/mol. The summed E-state index contributed by atoms with van der Waals surface area (Å²) in [6.45, 7) is 6.75. The Morgan fingerprint density at radius 3 is 2.34 bits per heavy atom. The number of nitrogens with one attached hydrogen (secondary N) is 1. The fourth-order valence-corrected chi connectivity index (χ4v) is 4.17. The van der Waals surface area contributed by atoms with E-state index in [-0.39, 0.29) is 23.9 Å². The molecule has 1 aromatic heterocycles. The Morgan fingerprint density at radius 2 is 1.69 bits per heavy atom. The summed E-state index contributed by atoms with van der Waals surface area (Å²) in [6, 6.07) is 20.1. The summed E-state index contributed by atoms with van der Waals surface area (Å²) in [4.78, 5) is 33.2. The van der Waals surface area contributed by atoms with Crippen LogP contribution in [-0.2, 0) is 37.4 Å². The summed E-state index contributed by atoms with van der Waals surface area (Å²) >= 11 is 0. The van der Waals surface area contributed by atoms with E-state index in [9.17, 15) is 9.59 Å². The molecule has 1 aliphatic rings. The maximum atomic E-state index is 13.3. The zero-order chi connectivity index (χ0) is 22.5. The van der Waals surface area contributed by atoms with E-state index in [0.29, 0.717) is 25.3 Å². The van der Waals surface area contributed by atoms with Crippen molar-refractivity contribution in [1.29, 1.82) is 0 Å². The summed E-state index contributed by atoms with van der Waals surface area (Å²) in [5.74, 6) is 0.533. The van der Waals surface area contributed by atoms with Gasteiger partial charge in [0.1, 0.15) is 12.4 Å². The van der Waals surface area contributed by atoms with E-state index in [4.69, 9.17) is 4.98 Å². The molecule has 0 unspecified atom stereocenters. The molecule has 0 saturated heterocycles. The molecule has 3 aromatic rings. The van der Waals surface area contributed by atoms with Crippen LogP contribution in [0.5, 0.6) is 0 Å². The van der Waals surface area contributed by atoms with E-state index in [1.807, 2.05) is 62.4 Å². The van der Waals surface area contributed by atoms with Crippen molar-refractivity contribution in [3.8, 4) is 0 Å². The van der Waals surface area contributed by atoms with Gasteiger partial charge in [0.2, 0.25) is 5.91 Å². The first kappa shape index (κ1) is 22.0. The first-order valence-electron chi connectivity index (χ1n) is 11.2. The van der Waals surface area contributed by atoms with Gasteiger partial charge in [-0.05, 0) is 17.5 Å². The van der Waals surface area contributed by atoms with Gasteiger partial charge in [0.15, 0.2) is 0 Å². The monoisotopic (exact) mass is 430 g/mol. The van der Waals surface area contributed by atoms with E-state index in [2.05, 4.69) is 22.3 Å². The third-order valence-corrected chi connectivity index (χ3v) is 5.83. The summed E-state index contributed by atoms with van der Waals surface area (Å²) in [5, 5.41) is 2.92. The average molecular weight is 431 g/mol. The van der Waals surface area contributed by atoms with Gasteiger partial charge < -0.3 is 5.32 Å². The Hall–Kier alpha value is -3.25. The van der Waals surface area contributed by atoms with Gasteiger partial charge in [-0.2, -0.15) is 0 Å². The maximum Gasteiger partial charge on any atom is 0.257 e. The normalized spacial score (nSPS) is 13.7. The van der Waals surface area contributed by atoms with Crippen LogP contribution >= 0.6 is 0 Å². The second-order valence-corrected chi connectivity index (χ2v) is 8.65. The molecule has 2 aromatic carbocycles. The number of aromatic nitrogens is 2. The number of nitrogens with zero attached hydrogens (tertiary/aromatic N) is 3. The van der Waals surface area contributed by atoms with Crippen LogP contribution in [0.2, 0.25) is 0 Å². The second-order valence-electron chi connectivity index (χ2n) is 8.65. The van der Waals surface area contributed by atoms with Crippen molar-refractivity contribution in [3.05, 3.63) is 99.2 Å². The molecule has 1 amide bonds. The Balaban J connectivity index is 1.51. The lowest BCUT2D eigenvalue weighted by Crippen LogP contribution is -2.41. The van der Waals surface area contributed by atoms with Crippen LogP contribution in [0.4, 0.5) is 0 Å². The fraction of sp³-hybridized carbons (Fsp3) is 0.346. The van der Waals surface area contributed by atoms with Crippen molar-refractivity contribution in [1.82, 2.24) is 19.8 Å². The molecule has 4 rings (SSSR count). The number of carbonyl (C=O) groups excluding carboxylic acids is 1. The lowest BCUT2D eigenvalue weighted by molar-refractivity contribution is -0.121. The smallest absolute Gasteiger partial charge is 0.257 e. The maximum absolute atomic E-state index is 13.3. The minimum absolute atomic E-state index is 0.00676. The highest BCUT2D eigenvalue weighted by atomic mass is 16.2. The highest BCUT2D eigenvalue weighted by Gasteiger charge is 2.25. The third kappa shape index (κ3) is 5.14. The van der Waals surface area contributed by atoms with E-state index < -0.39 is 0 Å². The number of hydrogen-bond donors (Lipinski definition) is 1. The highest BCUT2D eigenvalue weighted by Crippen LogP contribution is 2.20. The highest BCUT2D eigenvalue weighted by molar-refractivity contribution is 5.75. The van der Waals surface area contributed by atoms with Gasteiger partial charge in [-0.3, -0.25) is 19.1 Å². The molecule has 0 aliphatic carbocycles. The van der Waals surface area contributed by atoms with Crippen molar-refractivity contribution in [3.63, 3.8) is 0 Å². The van der Waals surface area contributed by atoms with Crippen LogP contribution in [0.25, 0.3) is 0 Å². The molecule has 32 heavy (non-hydrogen) atoms. The first-order valence-corrected chi connectivity index (χ1v) is 11.2. The van der Waals surface area contributed by atoms with Crippen LogP contribution in [0, 0.1) is 0 Å². The number of hydrogen-bond acceptors (Lipinski definition) is 4. The molecule has 0 fully saturated rings. The van der Waals surface area contributed by atoms with Gasteiger partial charge in [0.25, 0.3) is 5.56 Å². The first-order chi connectivity index (χ1) is 15.5. The molecular weight excluding hydrogens is 400 g/mol. The number of benzene rings is 2. The summed E-state index contributed by atoms with van der Waals surface area (Å²) < 4.78 is 1.57. The van der Waals surface area contributed by atoms with Crippen LogP contribution in [0.3, 0.4) is 0 Å². The van der Waals surface area contributed by atoms with Crippen LogP contribution in [-0.4, -0.2) is 26.9 Å². The van der Waals surface area contributed by atoms with Crippen molar-refractivity contribution >= 4 is 5.91 Å². The van der Waals surface area contributed by atoms with Gasteiger partial charge >= 0.3 is 0 Å². The van der Waals surface area contributed by atoms with Crippen LogP contribution in [0.1, 0.15) is 48.0 Å². The van der Waals surface area contributed by atoms with Crippen LogP contribution in [0.15, 0.2) is 65.5 Å². The van der Waals surface area contributed by atoms with Crippen molar-refractivity contribution in [2.24, 2.45) is 0 Å². The second kappa shape index (κ2) is 9.92. The lowest BCUT2D eigenvalue weighted by atomic mass is 10.0. The number of carbonyl (C=O) groups is 1. The fourth-order valence-electron chi connectivity index (χ4n) is 4.17. The number of fused-ring (bicyclic) bond motifs is 1. The zero-order valence-electron chi connectivity index (χ0n) is 18.8. The van der Waals surface area contributed by atoms with Crippen molar-refractivity contribution in [2.45, 2.75) is 52.4 Å². The van der Waals surface area contributed by atoms with Gasteiger partial charge in [-0.1, -0.05) is 74.5 Å². The number of rotatable bonds is 7. The molecule has 166 valence electrons. The van der Waals surface area contributed by atoms with Gasteiger partial charge in [0, 0.05) is 37.7 Å². The molecule has 2 heterocycles. The SMILES string of the molecule is CC(C)c1nc2c(c(=O)n1CC(=O)NCc1ccccc1)CCN(Cc1ccccc1)C2. The Bertz CT molecular complexity index is 1120. The predicted octanol–water partition coefficient (Wildman–Crippen LogP) is 3.24. The summed E-state index contributed by atoms with van der Waals surface area (Å²) in [5.41, 5.74) is 3.80. The van der Waals surface area contributed by atoms with Crippen molar-refractivity contribution < 1.29 is 4.79 Å². The minimum Gasteiger partial charge on any atom is -0.350 e. The topological polar surface area (TPSA) is 67.2 Å². The van der Waals surface area contributed by atoms with E-state index >= 15 is 0 Å². The lowest BCUT2D eigenvalue weighted by Gasteiger charge is -2.29. The van der Waals surface area contributed by atoms with E-state index in [1.54, 1.807) is 4.57 Å². The van der Waals surface area contributed by atoms with E-state index in [0.717, 1.165) is 29.9 Å². The van der Waals surface area contributed by atoms with Gasteiger partial charge in [-0.15, -0.1) is 0 Å². The zero-order valence-corrected chi connectivity index (χ0v) is 18.8. The Kier molecular flexibility index (Phi) is 6.81. The Labute approximate surface area is 188 Å². The van der Waals surface area contributed by atoms with Crippen molar-refractivity contribution in [2.75, 3.05) is 6.54 Å². The third-order valence-electron chi connectivity index (χ3n) is 5.83. The molecule has 0 bridgehead atoms. The molecular formula is C26H30N4O2. The van der Waals surface area contributed by atoms with Gasteiger partial charge in [0.05, 0.1) is 5.69 Å². The molecule has 0 spiro atoms. The molecule has 6 heteroatoms. The van der Waals surface area contributed by atoms with E-state index in [1.165, 1.54) is 5.56 Å². The molecule has 0 atom stereocenters. The molecule has 6 nitrogen and oxygen atoms in total. The number of amides is 1. The minimum atomic E-state index is -0.180. The Morgan fingerprint density at radius 1 is 1.03 bits per heavy atom. The molecule has 1 aliphatic heterocycles. The summed E-state index contributed by atoms with van der Waals surface area (Å²) in [6.07, 6.45) is 0.651. The standard InChI is InChI=1S/C26H30N4O2/c1-19(2)25-28-23-17-29(16-21-11-7-4-8-12-21)14-13-22(23)26(32)30(25)18-24(31)27-15-20-9-5-3-6-10-20/h3-12,19H,13-18H2,1-2H3,(H,27,31). The molecule has 0 saturated carbocycles. The average Bonchev–Trinajstić information content (AvgIpc) is 2.80. The summed E-state index contributed by atoms with van der Waals surface area (Å²) in [7, 11) is 0. The quantitative estimate of drug-likeness (QED) is 0.625. The largest absolute Gasteiger partial charge is 0.350 e.